The summed E-state index contributed by atoms with van der Waals surface area (Å²) in [5, 5.41) is 0. The lowest BCUT2D eigenvalue weighted by Gasteiger charge is -2.21. The second-order valence-electron chi connectivity index (χ2n) is 4.38. The van der Waals surface area contributed by atoms with Gasteiger partial charge in [-0.05, 0) is 25.9 Å². The molecule has 2 aliphatic heterocycles. The van der Waals surface area contributed by atoms with E-state index in [1.807, 2.05) is 25.8 Å². The van der Waals surface area contributed by atoms with Crippen molar-refractivity contribution < 1.29 is 4.79 Å². The summed E-state index contributed by atoms with van der Waals surface area (Å²) < 4.78 is 0. The van der Waals surface area contributed by atoms with E-state index >= 15 is 0 Å². The van der Waals surface area contributed by atoms with Gasteiger partial charge in [-0.15, -0.1) is 0 Å². The Hall–Kier alpha value is -0.570. The third-order valence-corrected chi connectivity index (χ3v) is 3.61. The molecule has 0 aromatic heterocycles. The summed E-state index contributed by atoms with van der Waals surface area (Å²) in [7, 11) is 1.92. The first-order valence-electron chi connectivity index (χ1n) is 6.16. The Labute approximate surface area is 93.4 Å². The fourth-order valence-corrected chi connectivity index (χ4v) is 2.60. The van der Waals surface area contributed by atoms with Crippen LogP contribution in [-0.2, 0) is 4.79 Å². The minimum Gasteiger partial charge on any atom is -0.345 e. The monoisotopic (exact) mass is 212 g/mol. The van der Waals surface area contributed by atoms with Crippen LogP contribution in [0.2, 0.25) is 0 Å². The first kappa shape index (κ1) is 12.5. The van der Waals surface area contributed by atoms with Crippen molar-refractivity contribution in [2.24, 2.45) is 5.41 Å². The zero-order chi connectivity index (χ0) is 11.5. The lowest BCUT2D eigenvalue weighted by molar-refractivity contribution is -0.134. The van der Waals surface area contributed by atoms with Gasteiger partial charge in [0.25, 0.3) is 0 Å². The fourth-order valence-electron chi connectivity index (χ4n) is 2.60. The van der Waals surface area contributed by atoms with Crippen molar-refractivity contribution >= 4 is 5.91 Å². The van der Waals surface area contributed by atoms with Gasteiger partial charge in [0.1, 0.15) is 0 Å². The summed E-state index contributed by atoms with van der Waals surface area (Å²) in [4.78, 5) is 16.2. The van der Waals surface area contributed by atoms with Gasteiger partial charge in [0.2, 0.25) is 5.91 Å². The highest BCUT2D eigenvalue weighted by molar-refractivity contribution is 5.85. The molecule has 2 rings (SSSR count). The molecular weight excluding hydrogens is 188 g/mol. The number of likely N-dealkylation sites (tertiary alicyclic amines) is 2. The van der Waals surface area contributed by atoms with Crippen LogP contribution >= 0.6 is 0 Å². The summed E-state index contributed by atoms with van der Waals surface area (Å²) in [5.41, 5.74) is 0.00472. The first-order chi connectivity index (χ1) is 7.18. The molecule has 0 bridgehead atoms. The van der Waals surface area contributed by atoms with E-state index in [-0.39, 0.29) is 5.41 Å². The average molecular weight is 212 g/mol. The van der Waals surface area contributed by atoms with Crippen molar-refractivity contribution in [3.8, 4) is 0 Å². The van der Waals surface area contributed by atoms with Crippen molar-refractivity contribution in [2.45, 2.75) is 33.6 Å². The minimum atomic E-state index is 0.00472. The molecule has 0 aliphatic carbocycles. The third-order valence-electron chi connectivity index (χ3n) is 3.61. The second-order valence-corrected chi connectivity index (χ2v) is 4.38. The molecule has 2 aliphatic rings. The maximum absolute atomic E-state index is 11.9. The molecule has 15 heavy (non-hydrogen) atoms. The SMILES string of the molecule is CC.CCN1CC[C@@]2(CCN(C)C2=O)C1. The van der Waals surface area contributed by atoms with Crippen molar-refractivity contribution in [3.63, 3.8) is 0 Å². The molecule has 3 heteroatoms. The maximum atomic E-state index is 11.9. The zero-order valence-electron chi connectivity index (χ0n) is 10.5. The Kier molecular flexibility index (Phi) is 4.14. The van der Waals surface area contributed by atoms with E-state index < -0.39 is 0 Å². The predicted molar refractivity (Wildman–Crippen MR) is 62.8 cm³/mol. The topological polar surface area (TPSA) is 23.6 Å². The van der Waals surface area contributed by atoms with Crippen molar-refractivity contribution in [2.75, 3.05) is 33.2 Å². The minimum absolute atomic E-state index is 0.00472. The van der Waals surface area contributed by atoms with Crippen molar-refractivity contribution in [1.82, 2.24) is 9.80 Å². The zero-order valence-corrected chi connectivity index (χ0v) is 10.5. The van der Waals surface area contributed by atoms with Gasteiger partial charge in [-0.25, -0.2) is 0 Å². The quantitative estimate of drug-likeness (QED) is 0.659. The Morgan fingerprint density at radius 3 is 2.27 bits per heavy atom. The van der Waals surface area contributed by atoms with Crippen LogP contribution in [-0.4, -0.2) is 48.9 Å². The van der Waals surface area contributed by atoms with Crippen molar-refractivity contribution in [1.29, 1.82) is 0 Å². The molecule has 1 amide bonds. The van der Waals surface area contributed by atoms with Crippen LogP contribution in [0, 0.1) is 5.41 Å². The summed E-state index contributed by atoms with van der Waals surface area (Å²) in [5.74, 6) is 0.378. The van der Waals surface area contributed by atoms with E-state index in [4.69, 9.17) is 0 Å². The molecule has 0 unspecified atom stereocenters. The molecular formula is C12H24N2O. The van der Waals surface area contributed by atoms with E-state index in [1.165, 1.54) is 0 Å². The number of nitrogens with zero attached hydrogens (tertiary/aromatic N) is 2. The normalized spacial score (nSPS) is 30.9. The number of carbonyl (C=O) groups excluding carboxylic acids is 1. The maximum Gasteiger partial charge on any atom is 0.229 e. The summed E-state index contributed by atoms with van der Waals surface area (Å²) in [6, 6.07) is 0. The largest absolute Gasteiger partial charge is 0.345 e. The predicted octanol–water partition coefficient (Wildman–Crippen LogP) is 1.59. The molecule has 0 radical (unpaired) electrons. The molecule has 3 nitrogen and oxygen atoms in total. The van der Waals surface area contributed by atoms with Gasteiger partial charge in [-0.3, -0.25) is 4.79 Å². The van der Waals surface area contributed by atoms with Crippen LogP contribution in [0.3, 0.4) is 0 Å². The van der Waals surface area contributed by atoms with Gasteiger partial charge < -0.3 is 9.80 Å². The molecule has 0 aromatic rings. The van der Waals surface area contributed by atoms with Crippen molar-refractivity contribution in [3.05, 3.63) is 0 Å². The summed E-state index contributed by atoms with van der Waals surface area (Å²) >= 11 is 0. The Balaban J connectivity index is 0.000000531. The highest BCUT2D eigenvalue weighted by atomic mass is 16.2. The van der Waals surface area contributed by atoms with Crippen LogP contribution in [0.25, 0.3) is 0 Å². The molecule has 0 aromatic carbocycles. The van der Waals surface area contributed by atoms with Gasteiger partial charge in [0, 0.05) is 20.1 Å². The molecule has 0 saturated carbocycles. The lowest BCUT2D eigenvalue weighted by Crippen LogP contribution is -2.35. The van der Waals surface area contributed by atoms with Crippen LogP contribution in [0.1, 0.15) is 33.6 Å². The van der Waals surface area contributed by atoms with E-state index in [0.29, 0.717) is 5.91 Å². The highest BCUT2D eigenvalue weighted by Crippen LogP contribution is 2.39. The van der Waals surface area contributed by atoms with E-state index in [2.05, 4.69) is 11.8 Å². The van der Waals surface area contributed by atoms with E-state index in [1.54, 1.807) is 0 Å². The second kappa shape index (κ2) is 4.97. The van der Waals surface area contributed by atoms with Crippen LogP contribution in [0.4, 0.5) is 0 Å². The molecule has 1 spiro atoms. The van der Waals surface area contributed by atoms with E-state index in [0.717, 1.165) is 39.0 Å². The molecule has 2 fully saturated rings. The fraction of sp³-hybridized carbons (Fsp3) is 0.917. The lowest BCUT2D eigenvalue weighted by atomic mass is 9.86. The molecule has 0 N–H and O–H groups in total. The van der Waals surface area contributed by atoms with Crippen LogP contribution in [0.15, 0.2) is 0 Å². The van der Waals surface area contributed by atoms with E-state index in [9.17, 15) is 4.79 Å². The Morgan fingerprint density at radius 2 is 1.87 bits per heavy atom. The highest BCUT2D eigenvalue weighted by Gasteiger charge is 2.49. The number of amides is 1. The molecule has 2 saturated heterocycles. The van der Waals surface area contributed by atoms with Gasteiger partial charge in [-0.2, -0.15) is 0 Å². The number of carbonyl (C=O) groups is 1. The van der Waals surface area contributed by atoms with Crippen LogP contribution < -0.4 is 0 Å². The summed E-state index contributed by atoms with van der Waals surface area (Å²) in [6.07, 6.45) is 2.14. The van der Waals surface area contributed by atoms with Gasteiger partial charge in [0.05, 0.1) is 5.41 Å². The van der Waals surface area contributed by atoms with Gasteiger partial charge in [-0.1, -0.05) is 20.8 Å². The first-order valence-corrected chi connectivity index (χ1v) is 6.16. The molecule has 1 atom stereocenters. The Morgan fingerprint density at radius 1 is 1.27 bits per heavy atom. The number of hydrogen-bond donors (Lipinski definition) is 0. The van der Waals surface area contributed by atoms with Gasteiger partial charge >= 0.3 is 0 Å². The average Bonchev–Trinajstić information content (AvgIpc) is 2.82. The number of hydrogen-bond acceptors (Lipinski definition) is 2. The Bertz CT molecular complexity index is 230. The van der Waals surface area contributed by atoms with Crippen LogP contribution in [0.5, 0.6) is 0 Å². The summed E-state index contributed by atoms with van der Waals surface area (Å²) in [6.45, 7) is 10.3. The number of rotatable bonds is 1. The standard InChI is InChI=1S/C10H18N2O.C2H6/c1-3-12-7-5-10(8-12)4-6-11(2)9(10)13;1-2/h3-8H2,1-2H3;1-2H3/t10-;/m0./s1. The molecule has 88 valence electrons. The molecule has 2 heterocycles. The van der Waals surface area contributed by atoms with Gasteiger partial charge in [0.15, 0.2) is 0 Å². The third kappa shape index (κ3) is 2.17. The smallest absolute Gasteiger partial charge is 0.229 e.